The van der Waals surface area contributed by atoms with Crippen molar-refractivity contribution in [3.63, 3.8) is 0 Å². The molecule has 0 bridgehead atoms. The van der Waals surface area contributed by atoms with Crippen molar-refractivity contribution < 1.29 is 0 Å². The second kappa shape index (κ2) is 6.44. The van der Waals surface area contributed by atoms with Gasteiger partial charge in [-0.15, -0.1) is 10.2 Å². The monoisotopic (exact) mass is 476 g/mol. The zero-order valence-electron chi connectivity index (χ0n) is 12.9. The van der Waals surface area contributed by atoms with Gasteiger partial charge in [0.1, 0.15) is 10.8 Å². The van der Waals surface area contributed by atoms with Crippen molar-refractivity contribution in [1.82, 2.24) is 19.7 Å². The Balaban J connectivity index is 2.17. The highest BCUT2D eigenvalue weighted by atomic mass is 79.9. The van der Waals surface area contributed by atoms with Crippen LogP contribution in [-0.4, -0.2) is 19.7 Å². The summed E-state index contributed by atoms with van der Waals surface area (Å²) < 4.78 is 3.09. The number of halogens is 2. The first-order chi connectivity index (χ1) is 12.0. The standard InChI is InChI=1S/C17H10Br2N4OS/c1-9-21-22-17(25-9)23-15(10-5-3-2-4-6-10)20-14-12(16(23)24)7-11(18)8-13(14)19/h2-8H,1H3. The molecule has 0 aliphatic rings. The van der Waals surface area contributed by atoms with Crippen LogP contribution in [0.15, 0.2) is 56.2 Å². The summed E-state index contributed by atoms with van der Waals surface area (Å²) in [6.45, 7) is 1.86. The normalized spacial score (nSPS) is 11.2. The van der Waals surface area contributed by atoms with Crippen molar-refractivity contribution in [1.29, 1.82) is 0 Å². The van der Waals surface area contributed by atoms with Crippen LogP contribution in [-0.2, 0) is 0 Å². The summed E-state index contributed by atoms with van der Waals surface area (Å²) in [6, 6.07) is 13.2. The summed E-state index contributed by atoms with van der Waals surface area (Å²) >= 11 is 8.30. The first-order valence-corrected chi connectivity index (χ1v) is 9.72. The molecule has 0 saturated carbocycles. The molecular formula is C17H10Br2N4OS. The molecule has 0 aliphatic heterocycles. The van der Waals surface area contributed by atoms with Crippen molar-refractivity contribution in [2.75, 3.05) is 0 Å². The van der Waals surface area contributed by atoms with E-state index < -0.39 is 0 Å². The highest BCUT2D eigenvalue weighted by Gasteiger charge is 2.18. The van der Waals surface area contributed by atoms with E-state index in [2.05, 4.69) is 42.1 Å². The summed E-state index contributed by atoms with van der Waals surface area (Å²) in [5, 5.41) is 10.0. The van der Waals surface area contributed by atoms with E-state index in [1.807, 2.05) is 43.3 Å². The predicted octanol–water partition coefficient (Wildman–Crippen LogP) is 4.74. The molecule has 4 rings (SSSR count). The lowest BCUT2D eigenvalue weighted by Gasteiger charge is -2.12. The Kier molecular flexibility index (Phi) is 4.26. The maximum atomic E-state index is 13.3. The minimum Gasteiger partial charge on any atom is -0.268 e. The summed E-state index contributed by atoms with van der Waals surface area (Å²) in [4.78, 5) is 18.0. The zero-order chi connectivity index (χ0) is 17.6. The molecule has 0 fully saturated rings. The van der Waals surface area contributed by atoms with Crippen LogP contribution in [0, 0.1) is 6.92 Å². The molecule has 0 N–H and O–H groups in total. The van der Waals surface area contributed by atoms with Crippen LogP contribution < -0.4 is 5.56 Å². The van der Waals surface area contributed by atoms with Crippen LogP contribution in [0.3, 0.4) is 0 Å². The molecule has 2 heterocycles. The van der Waals surface area contributed by atoms with Gasteiger partial charge in [-0.2, -0.15) is 0 Å². The molecule has 0 atom stereocenters. The second-order valence-electron chi connectivity index (χ2n) is 5.33. The topological polar surface area (TPSA) is 60.7 Å². The number of fused-ring (bicyclic) bond motifs is 1. The smallest absolute Gasteiger partial charge is 0.268 e. The molecule has 4 aromatic rings. The molecule has 0 unspecified atom stereocenters. The van der Waals surface area contributed by atoms with E-state index in [0.717, 1.165) is 19.5 Å². The summed E-state index contributed by atoms with van der Waals surface area (Å²) in [5.74, 6) is 0.539. The van der Waals surface area contributed by atoms with Gasteiger partial charge in [0.05, 0.1) is 10.9 Å². The third kappa shape index (κ3) is 2.94. The van der Waals surface area contributed by atoms with Crippen molar-refractivity contribution >= 4 is 54.1 Å². The molecule has 0 amide bonds. The molecular weight excluding hydrogens is 468 g/mol. The van der Waals surface area contributed by atoms with Crippen LogP contribution in [0.2, 0.25) is 0 Å². The molecule has 0 aliphatic carbocycles. The van der Waals surface area contributed by atoms with Crippen LogP contribution in [0.1, 0.15) is 5.01 Å². The molecule has 124 valence electrons. The van der Waals surface area contributed by atoms with E-state index in [9.17, 15) is 4.79 Å². The van der Waals surface area contributed by atoms with Crippen molar-refractivity contribution in [3.8, 4) is 16.5 Å². The molecule has 25 heavy (non-hydrogen) atoms. The van der Waals surface area contributed by atoms with Gasteiger partial charge in [-0.3, -0.25) is 4.79 Å². The zero-order valence-corrected chi connectivity index (χ0v) is 16.9. The highest BCUT2D eigenvalue weighted by molar-refractivity contribution is 9.11. The molecule has 0 saturated heterocycles. The average molecular weight is 478 g/mol. The highest BCUT2D eigenvalue weighted by Crippen LogP contribution is 2.29. The van der Waals surface area contributed by atoms with E-state index in [0.29, 0.717) is 21.9 Å². The minimum absolute atomic E-state index is 0.179. The predicted molar refractivity (Wildman–Crippen MR) is 106 cm³/mol. The van der Waals surface area contributed by atoms with Gasteiger partial charge in [0, 0.05) is 14.5 Å². The van der Waals surface area contributed by atoms with Gasteiger partial charge >= 0.3 is 0 Å². The third-order valence-electron chi connectivity index (χ3n) is 3.63. The second-order valence-corrected chi connectivity index (χ2v) is 8.26. The Morgan fingerprint density at radius 1 is 1.08 bits per heavy atom. The van der Waals surface area contributed by atoms with Crippen LogP contribution in [0.5, 0.6) is 0 Å². The van der Waals surface area contributed by atoms with Crippen LogP contribution in [0.4, 0.5) is 0 Å². The molecule has 5 nitrogen and oxygen atoms in total. The van der Waals surface area contributed by atoms with E-state index >= 15 is 0 Å². The van der Waals surface area contributed by atoms with E-state index in [4.69, 9.17) is 4.98 Å². The Bertz CT molecular complexity index is 1150. The number of hydrogen-bond donors (Lipinski definition) is 0. The van der Waals surface area contributed by atoms with Crippen LogP contribution in [0.25, 0.3) is 27.4 Å². The number of nitrogens with zero attached hydrogens (tertiary/aromatic N) is 4. The fraction of sp³-hybridized carbons (Fsp3) is 0.0588. The third-order valence-corrected chi connectivity index (χ3v) is 5.52. The van der Waals surface area contributed by atoms with Gasteiger partial charge < -0.3 is 0 Å². The average Bonchev–Trinajstić information content (AvgIpc) is 3.02. The fourth-order valence-corrected chi connectivity index (χ4v) is 4.55. The first-order valence-electron chi connectivity index (χ1n) is 7.32. The van der Waals surface area contributed by atoms with Gasteiger partial charge in [-0.1, -0.05) is 57.6 Å². The quantitative estimate of drug-likeness (QED) is 0.418. The first kappa shape index (κ1) is 16.6. The molecule has 8 heteroatoms. The number of aryl methyl sites for hydroxylation is 1. The Morgan fingerprint density at radius 2 is 1.84 bits per heavy atom. The van der Waals surface area contributed by atoms with Crippen molar-refractivity contribution in [2.24, 2.45) is 0 Å². The SMILES string of the molecule is Cc1nnc(-n2c(-c3ccccc3)nc3c(Br)cc(Br)cc3c2=O)s1. The van der Waals surface area contributed by atoms with Gasteiger partial charge in [-0.05, 0) is 35.0 Å². The Hall–Kier alpha value is -1.90. The summed E-state index contributed by atoms with van der Waals surface area (Å²) in [6.07, 6.45) is 0. The number of benzene rings is 2. The largest absolute Gasteiger partial charge is 0.268 e. The lowest BCUT2D eigenvalue weighted by molar-refractivity contribution is 0.913. The summed E-state index contributed by atoms with van der Waals surface area (Å²) in [7, 11) is 0. The molecule has 0 spiro atoms. The Labute approximate surface area is 163 Å². The summed E-state index contributed by atoms with van der Waals surface area (Å²) in [5.41, 5.74) is 1.27. The lowest BCUT2D eigenvalue weighted by Crippen LogP contribution is -2.22. The van der Waals surface area contributed by atoms with Crippen molar-refractivity contribution in [2.45, 2.75) is 6.92 Å². The molecule has 2 aromatic heterocycles. The maximum absolute atomic E-state index is 13.3. The number of hydrogen-bond acceptors (Lipinski definition) is 5. The minimum atomic E-state index is -0.179. The van der Waals surface area contributed by atoms with Gasteiger partial charge in [0.25, 0.3) is 5.56 Å². The maximum Gasteiger partial charge on any atom is 0.268 e. The Morgan fingerprint density at radius 3 is 2.52 bits per heavy atom. The van der Waals surface area contributed by atoms with Gasteiger partial charge in [-0.25, -0.2) is 9.55 Å². The molecule has 2 aromatic carbocycles. The number of aromatic nitrogens is 4. The van der Waals surface area contributed by atoms with E-state index in [1.165, 1.54) is 15.9 Å². The van der Waals surface area contributed by atoms with E-state index in [1.54, 1.807) is 6.07 Å². The lowest BCUT2D eigenvalue weighted by atomic mass is 10.2. The number of rotatable bonds is 2. The van der Waals surface area contributed by atoms with Crippen molar-refractivity contribution in [3.05, 3.63) is 66.8 Å². The fourth-order valence-electron chi connectivity index (χ4n) is 2.55. The van der Waals surface area contributed by atoms with Gasteiger partial charge in [0.2, 0.25) is 5.13 Å². The van der Waals surface area contributed by atoms with Crippen LogP contribution >= 0.6 is 43.2 Å². The molecule has 0 radical (unpaired) electrons. The van der Waals surface area contributed by atoms with Gasteiger partial charge in [0.15, 0.2) is 0 Å². The van der Waals surface area contributed by atoms with E-state index in [-0.39, 0.29) is 5.56 Å².